The number of nitrogens with zero attached hydrogens (tertiary/aromatic N) is 3. The molecule has 3 heterocycles. The Morgan fingerprint density at radius 2 is 2.04 bits per heavy atom. The van der Waals surface area contributed by atoms with E-state index in [-0.39, 0.29) is 40.7 Å². The number of allylic oxidation sites excluding steroid dienone is 1. The van der Waals surface area contributed by atoms with Crippen LogP contribution in [0.1, 0.15) is 5.76 Å². The molecule has 0 bridgehead atoms. The van der Waals surface area contributed by atoms with Crippen molar-refractivity contribution in [1.29, 1.82) is 0 Å². The lowest BCUT2D eigenvalue weighted by Gasteiger charge is -2.35. The molecule has 0 unspecified atom stereocenters. The number of rotatable bonds is 1. The van der Waals surface area contributed by atoms with Crippen LogP contribution in [0.3, 0.4) is 0 Å². The third-order valence-corrected chi connectivity index (χ3v) is 4.39. The zero-order valence-electron chi connectivity index (χ0n) is 13.2. The van der Waals surface area contributed by atoms with Gasteiger partial charge in [0, 0.05) is 18.0 Å². The number of aryl methyl sites for hydroxylation is 1. The Hall–Kier alpha value is -2.55. The number of aliphatic imine (C=N–C) groups is 1. The van der Waals surface area contributed by atoms with Gasteiger partial charge in [-0.25, -0.2) is 9.29 Å². The number of anilines is 1. The maximum atomic E-state index is 14.7. The summed E-state index contributed by atoms with van der Waals surface area (Å²) in [5.74, 6) is -1.77. The first-order valence-electron chi connectivity index (χ1n) is 7.51. The number of furan rings is 1. The van der Waals surface area contributed by atoms with E-state index in [9.17, 15) is 22.4 Å². The Bertz CT molecular complexity index is 1010. The van der Waals surface area contributed by atoms with E-state index in [1.54, 1.807) is 6.92 Å². The van der Waals surface area contributed by atoms with Crippen LogP contribution in [0.2, 0.25) is 5.02 Å². The lowest BCUT2D eigenvalue weighted by atomic mass is 10.1. The van der Waals surface area contributed by atoms with E-state index in [1.807, 2.05) is 0 Å². The monoisotopic (exact) mass is 387 g/mol. The highest BCUT2D eigenvalue weighted by Gasteiger charge is 2.47. The summed E-state index contributed by atoms with van der Waals surface area (Å²) >= 11 is 5.98. The van der Waals surface area contributed by atoms with Crippen molar-refractivity contribution < 1.29 is 26.8 Å². The second kappa shape index (κ2) is 5.47. The van der Waals surface area contributed by atoms with Crippen molar-refractivity contribution in [3.63, 3.8) is 0 Å². The highest BCUT2D eigenvalue weighted by molar-refractivity contribution is 6.36. The van der Waals surface area contributed by atoms with Crippen LogP contribution in [0.4, 0.5) is 23.2 Å². The van der Waals surface area contributed by atoms with E-state index < -0.39 is 23.6 Å². The maximum absolute atomic E-state index is 14.7. The molecule has 5 nitrogen and oxygen atoms in total. The fourth-order valence-electron chi connectivity index (χ4n) is 3.13. The first-order valence-corrected chi connectivity index (χ1v) is 7.89. The van der Waals surface area contributed by atoms with Gasteiger partial charge < -0.3 is 9.32 Å². The number of carbonyl (C=O) groups is 1. The molecule has 1 aromatic heterocycles. The van der Waals surface area contributed by atoms with Crippen molar-refractivity contribution in [3.05, 3.63) is 40.5 Å². The molecule has 2 aliphatic heterocycles. The SMILES string of the molecule is Cc1cc2c(N3C(=O)C=C(C(F)(F)F)N4CCN=C43)c(F)cc(Cl)c2o1. The second-order valence-electron chi connectivity index (χ2n) is 5.82. The van der Waals surface area contributed by atoms with Gasteiger partial charge >= 0.3 is 6.18 Å². The molecule has 0 aliphatic carbocycles. The second-order valence-corrected chi connectivity index (χ2v) is 6.23. The van der Waals surface area contributed by atoms with Crippen LogP contribution in [-0.4, -0.2) is 36.0 Å². The van der Waals surface area contributed by atoms with E-state index in [0.29, 0.717) is 11.8 Å². The van der Waals surface area contributed by atoms with Gasteiger partial charge in [0.1, 0.15) is 17.3 Å². The summed E-state index contributed by atoms with van der Waals surface area (Å²) in [6.45, 7) is 1.60. The summed E-state index contributed by atoms with van der Waals surface area (Å²) in [4.78, 5) is 18.2. The molecule has 136 valence electrons. The van der Waals surface area contributed by atoms with Crippen molar-refractivity contribution in [3.8, 4) is 0 Å². The third kappa shape index (κ3) is 2.38. The Labute approximate surface area is 149 Å². The van der Waals surface area contributed by atoms with Crippen molar-refractivity contribution in [2.75, 3.05) is 18.0 Å². The van der Waals surface area contributed by atoms with Crippen LogP contribution < -0.4 is 4.90 Å². The largest absolute Gasteiger partial charge is 0.460 e. The predicted molar refractivity (Wildman–Crippen MR) is 86.6 cm³/mol. The molecule has 0 spiro atoms. The molecule has 0 N–H and O–H groups in total. The Kier molecular flexibility index (Phi) is 3.56. The number of halogens is 5. The van der Waals surface area contributed by atoms with Gasteiger partial charge in [-0.2, -0.15) is 13.2 Å². The van der Waals surface area contributed by atoms with E-state index in [4.69, 9.17) is 16.0 Å². The van der Waals surface area contributed by atoms with E-state index in [1.165, 1.54) is 6.07 Å². The summed E-state index contributed by atoms with van der Waals surface area (Å²) < 4.78 is 59.8. The molecular weight excluding hydrogens is 378 g/mol. The van der Waals surface area contributed by atoms with Crippen molar-refractivity contribution in [2.24, 2.45) is 4.99 Å². The molecule has 0 atom stereocenters. The molecular formula is C16H10ClF4N3O2. The lowest BCUT2D eigenvalue weighted by molar-refractivity contribution is -0.119. The fraction of sp³-hybridized carbons (Fsp3) is 0.250. The molecule has 2 aliphatic rings. The van der Waals surface area contributed by atoms with Gasteiger partial charge in [0.2, 0.25) is 5.96 Å². The number of alkyl halides is 3. The van der Waals surface area contributed by atoms with Crippen molar-refractivity contribution in [2.45, 2.75) is 13.1 Å². The van der Waals surface area contributed by atoms with Gasteiger partial charge in [0.15, 0.2) is 5.58 Å². The highest BCUT2D eigenvalue weighted by Crippen LogP contribution is 2.41. The number of amides is 1. The lowest BCUT2D eigenvalue weighted by Crippen LogP contribution is -2.51. The van der Waals surface area contributed by atoms with E-state index in [0.717, 1.165) is 15.9 Å². The van der Waals surface area contributed by atoms with Crippen LogP contribution in [0, 0.1) is 12.7 Å². The molecule has 1 amide bonds. The predicted octanol–water partition coefficient (Wildman–Crippen LogP) is 4.00. The number of benzene rings is 1. The standard InChI is InChI=1S/C16H10ClF4N3O2/c1-7-4-8-13(10(18)5-9(17)14(8)26-7)24-12(25)6-11(16(19,20)21)23-3-2-22-15(23)24/h4-6H,2-3H2,1H3. The first kappa shape index (κ1) is 16.9. The van der Waals surface area contributed by atoms with Gasteiger partial charge in [0.05, 0.1) is 17.3 Å². The normalized spacial score (nSPS) is 17.7. The van der Waals surface area contributed by atoms with Gasteiger partial charge in [-0.1, -0.05) is 11.6 Å². The smallest absolute Gasteiger partial charge is 0.431 e. The quantitative estimate of drug-likeness (QED) is 0.695. The Morgan fingerprint density at radius 3 is 2.73 bits per heavy atom. The van der Waals surface area contributed by atoms with Crippen molar-refractivity contribution in [1.82, 2.24) is 4.90 Å². The average molecular weight is 388 g/mol. The molecule has 0 radical (unpaired) electrons. The van der Waals surface area contributed by atoms with Gasteiger partial charge in [-0.05, 0) is 19.1 Å². The first-order chi connectivity index (χ1) is 12.2. The summed E-state index contributed by atoms with van der Waals surface area (Å²) in [5.41, 5.74) is -1.22. The highest BCUT2D eigenvalue weighted by atomic mass is 35.5. The van der Waals surface area contributed by atoms with Crippen LogP contribution in [-0.2, 0) is 4.79 Å². The number of hydrogen-bond acceptors (Lipinski definition) is 4. The summed E-state index contributed by atoms with van der Waals surface area (Å²) in [7, 11) is 0. The number of carbonyl (C=O) groups excluding carboxylic acids is 1. The van der Waals surface area contributed by atoms with Crippen LogP contribution in [0.15, 0.2) is 33.3 Å². The minimum absolute atomic E-state index is 0.00412. The number of guanidine groups is 1. The minimum atomic E-state index is -4.73. The van der Waals surface area contributed by atoms with E-state index in [2.05, 4.69) is 4.99 Å². The average Bonchev–Trinajstić information content (AvgIpc) is 3.14. The molecule has 0 fully saturated rings. The van der Waals surface area contributed by atoms with Gasteiger partial charge in [0.25, 0.3) is 5.91 Å². The summed E-state index contributed by atoms with van der Waals surface area (Å²) in [5, 5.41) is 0.176. The van der Waals surface area contributed by atoms with Crippen LogP contribution >= 0.6 is 11.6 Å². The zero-order chi connectivity index (χ0) is 18.8. The van der Waals surface area contributed by atoms with E-state index >= 15 is 0 Å². The topological polar surface area (TPSA) is 49.1 Å². The molecule has 0 saturated heterocycles. The van der Waals surface area contributed by atoms with Crippen molar-refractivity contribution >= 4 is 40.1 Å². The number of fused-ring (bicyclic) bond motifs is 2. The van der Waals surface area contributed by atoms with Crippen LogP contribution in [0.5, 0.6) is 0 Å². The molecule has 4 rings (SSSR count). The molecule has 26 heavy (non-hydrogen) atoms. The fourth-order valence-corrected chi connectivity index (χ4v) is 3.36. The summed E-state index contributed by atoms with van der Waals surface area (Å²) in [6, 6.07) is 2.42. The third-order valence-electron chi connectivity index (χ3n) is 4.11. The molecule has 10 heteroatoms. The zero-order valence-corrected chi connectivity index (χ0v) is 14.0. The minimum Gasteiger partial charge on any atom is -0.460 e. The van der Waals surface area contributed by atoms with Crippen LogP contribution in [0.25, 0.3) is 11.0 Å². The Morgan fingerprint density at radius 1 is 1.31 bits per heavy atom. The van der Waals surface area contributed by atoms with Gasteiger partial charge in [-0.3, -0.25) is 9.79 Å². The van der Waals surface area contributed by atoms with Gasteiger partial charge in [-0.15, -0.1) is 0 Å². The maximum Gasteiger partial charge on any atom is 0.431 e. The molecule has 0 saturated carbocycles. The Balaban J connectivity index is 1.96. The molecule has 1 aromatic carbocycles. The number of hydrogen-bond donors (Lipinski definition) is 0. The summed E-state index contributed by atoms with van der Waals surface area (Å²) in [6.07, 6.45) is -4.29. The molecule has 2 aromatic rings.